The Kier molecular flexibility index (Phi) is 4.58. The first-order chi connectivity index (χ1) is 7.90. The van der Waals surface area contributed by atoms with Crippen LogP contribution in [0.1, 0.15) is 44.4 Å². The Hall–Kier alpha value is -1.02. The van der Waals surface area contributed by atoms with E-state index in [0.29, 0.717) is 13.2 Å². The van der Waals surface area contributed by atoms with Gasteiger partial charge in [-0.15, -0.1) is 0 Å². The zero-order valence-electron chi connectivity index (χ0n) is 11.8. The molecule has 0 aliphatic carbocycles. The van der Waals surface area contributed by atoms with Gasteiger partial charge in [0.2, 0.25) is 0 Å². The minimum Gasteiger partial charge on any atom is -0.493 e. The molecule has 2 nitrogen and oxygen atoms in total. The standard InChI is InChI=1S/C15H25NO/c1-6-17-14-11(2)9-13(15(3,4)5)10-12(14)7-8-16/h9-10H,6-8,16H2,1-5H3. The van der Waals surface area contributed by atoms with Crippen LogP contribution in [-0.4, -0.2) is 13.2 Å². The number of rotatable bonds is 4. The summed E-state index contributed by atoms with van der Waals surface area (Å²) in [5, 5.41) is 0. The smallest absolute Gasteiger partial charge is 0.125 e. The summed E-state index contributed by atoms with van der Waals surface area (Å²) in [7, 11) is 0. The Bertz CT molecular complexity index is 377. The first-order valence-electron chi connectivity index (χ1n) is 6.37. The summed E-state index contributed by atoms with van der Waals surface area (Å²) in [5.41, 5.74) is 9.64. The maximum Gasteiger partial charge on any atom is 0.125 e. The number of aryl methyl sites for hydroxylation is 1. The van der Waals surface area contributed by atoms with Crippen LogP contribution in [0.15, 0.2) is 12.1 Å². The Labute approximate surface area is 105 Å². The van der Waals surface area contributed by atoms with Crippen LogP contribution in [0.25, 0.3) is 0 Å². The molecule has 0 heterocycles. The van der Waals surface area contributed by atoms with Crippen molar-refractivity contribution in [2.45, 2.75) is 46.5 Å². The SMILES string of the molecule is CCOc1c(C)cc(C(C)(C)C)cc1CCN. The lowest BCUT2D eigenvalue weighted by Crippen LogP contribution is -2.14. The summed E-state index contributed by atoms with van der Waals surface area (Å²) < 4.78 is 5.73. The van der Waals surface area contributed by atoms with E-state index in [9.17, 15) is 0 Å². The van der Waals surface area contributed by atoms with Gasteiger partial charge in [0.15, 0.2) is 0 Å². The molecule has 0 radical (unpaired) electrons. The summed E-state index contributed by atoms with van der Waals surface area (Å²) in [6.45, 7) is 12.2. The number of hydrogen-bond donors (Lipinski definition) is 1. The molecular formula is C15H25NO. The van der Waals surface area contributed by atoms with E-state index in [1.807, 2.05) is 6.92 Å². The van der Waals surface area contributed by atoms with E-state index in [1.165, 1.54) is 16.7 Å². The van der Waals surface area contributed by atoms with Crippen molar-refractivity contribution in [3.05, 3.63) is 28.8 Å². The van der Waals surface area contributed by atoms with Gasteiger partial charge in [-0.25, -0.2) is 0 Å². The molecule has 0 spiro atoms. The summed E-state index contributed by atoms with van der Waals surface area (Å²) >= 11 is 0. The second-order valence-corrected chi connectivity index (χ2v) is 5.50. The Balaban J connectivity index is 3.25. The van der Waals surface area contributed by atoms with E-state index in [1.54, 1.807) is 0 Å². The lowest BCUT2D eigenvalue weighted by molar-refractivity contribution is 0.334. The first kappa shape index (κ1) is 14.0. The van der Waals surface area contributed by atoms with Crippen LogP contribution in [-0.2, 0) is 11.8 Å². The van der Waals surface area contributed by atoms with Crippen LogP contribution in [0, 0.1) is 6.92 Å². The number of nitrogens with two attached hydrogens (primary N) is 1. The highest BCUT2D eigenvalue weighted by Gasteiger charge is 2.17. The van der Waals surface area contributed by atoms with Crippen LogP contribution in [0.3, 0.4) is 0 Å². The summed E-state index contributed by atoms with van der Waals surface area (Å²) in [6.07, 6.45) is 0.875. The monoisotopic (exact) mass is 235 g/mol. The number of benzene rings is 1. The van der Waals surface area contributed by atoms with Gasteiger partial charge in [-0.1, -0.05) is 32.9 Å². The third-order valence-corrected chi connectivity index (χ3v) is 2.92. The molecule has 0 aliphatic heterocycles. The predicted molar refractivity (Wildman–Crippen MR) is 73.8 cm³/mol. The third-order valence-electron chi connectivity index (χ3n) is 2.92. The van der Waals surface area contributed by atoms with Crippen molar-refractivity contribution >= 4 is 0 Å². The molecule has 0 aromatic heterocycles. The Morgan fingerprint density at radius 3 is 2.35 bits per heavy atom. The summed E-state index contributed by atoms with van der Waals surface area (Å²) in [4.78, 5) is 0. The van der Waals surface area contributed by atoms with Crippen molar-refractivity contribution in [1.29, 1.82) is 0 Å². The zero-order chi connectivity index (χ0) is 13.1. The summed E-state index contributed by atoms with van der Waals surface area (Å²) in [5.74, 6) is 1.02. The van der Waals surface area contributed by atoms with Crippen molar-refractivity contribution < 1.29 is 4.74 Å². The minimum atomic E-state index is 0.166. The molecule has 0 atom stereocenters. The van der Waals surface area contributed by atoms with Crippen LogP contribution in [0.2, 0.25) is 0 Å². The minimum absolute atomic E-state index is 0.166. The number of ether oxygens (including phenoxy) is 1. The molecule has 0 unspecified atom stereocenters. The highest BCUT2D eigenvalue weighted by molar-refractivity contribution is 5.46. The first-order valence-corrected chi connectivity index (χ1v) is 6.37. The molecular weight excluding hydrogens is 210 g/mol. The second-order valence-electron chi connectivity index (χ2n) is 5.50. The van der Waals surface area contributed by atoms with Gasteiger partial charge in [-0.3, -0.25) is 0 Å². The molecule has 0 fully saturated rings. The van der Waals surface area contributed by atoms with Gasteiger partial charge in [-0.05, 0) is 48.9 Å². The maximum atomic E-state index is 5.73. The van der Waals surface area contributed by atoms with E-state index in [-0.39, 0.29) is 5.41 Å². The Morgan fingerprint density at radius 1 is 1.24 bits per heavy atom. The molecule has 17 heavy (non-hydrogen) atoms. The quantitative estimate of drug-likeness (QED) is 0.870. The molecule has 0 aliphatic rings. The van der Waals surface area contributed by atoms with Crippen LogP contribution in [0.4, 0.5) is 0 Å². The predicted octanol–water partition coefficient (Wildman–Crippen LogP) is 3.19. The maximum absolute atomic E-state index is 5.73. The average Bonchev–Trinajstić information content (AvgIpc) is 2.21. The van der Waals surface area contributed by atoms with E-state index in [0.717, 1.165) is 12.2 Å². The number of hydrogen-bond acceptors (Lipinski definition) is 2. The van der Waals surface area contributed by atoms with E-state index in [2.05, 4.69) is 39.8 Å². The zero-order valence-corrected chi connectivity index (χ0v) is 11.8. The van der Waals surface area contributed by atoms with Crippen LogP contribution in [0.5, 0.6) is 5.75 Å². The topological polar surface area (TPSA) is 35.2 Å². The fraction of sp³-hybridized carbons (Fsp3) is 0.600. The molecule has 0 amide bonds. The average molecular weight is 235 g/mol. The normalized spacial score (nSPS) is 11.6. The molecule has 1 aromatic carbocycles. The van der Waals surface area contributed by atoms with Gasteiger partial charge in [0.05, 0.1) is 6.61 Å². The highest BCUT2D eigenvalue weighted by Crippen LogP contribution is 2.31. The molecule has 0 saturated carbocycles. The van der Waals surface area contributed by atoms with Crippen molar-refractivity contribution in [2.24, 2.45) is 5.73 Å². The van der Waals surface area contributed by atoms with Gasteiger partial charge in [-0.2, -0.15) is 0 Å². The largest absolute Gasteiger partial charge is 0.493 e. The van der Waals surface area contributed by atoms with Crippen molar-refractivity contribution in [1.82, 2.24) is 0 Å². The van der Waals surface area contributed by atoms with Crippen LogP contribution >= 0.6 is 0 Å². The van der Waals surface area contributed by atoms with Crippen LogP contribution < -0.4 is 10.5 Å². The highest BCUT2D eigenvalue weighted by atomic mass is 16.5. The van der Waals surface area contributed by atoms with Crippen molar-refractivity contribution in [3.63, 3.8) is 0 Å². The van der Waals surface area contributed by atoms with E-state index < -0.39 is 0 Å². The van der Waals surface area contributed by atoms with Gasteiger partial charge in [0.1, 0.15) is 5.75 Å². The fourth-order valence-electron chi connectivity index (χ4n) is 1.97. The summed E-state index contributed by atoms with van der Waals surface area (Å²) in [6, 6.07) is 4.47. The van der Waals surface area contributed by atoms with Gasteiger partial charge in [0.25, 0.3) is 0 Å². The lowest BCUT2D eigenvalue weighted by Gasteiger charge is -2.23. The van der Waals surface area contributed by atoms with Gasteiger partial charge >= 0.3 is 0 Å². The van der Waals surface area contributed by atoms with Crippen molar-refractivity contribution in [3.8, 4) is 5.75 Å². The van der Waals surface area contributed by atoms with E-state index in [4.69, 9.17) is 10.5 Å². The molecule has 2 heteroatoms. The molecule has 0 saturated heterocycles. The molecule has 2 N–H and O–H groups in total. The van der Waals surface area contributed by atoms with Crippen molar-refractivity contribution in [2.75, 3.05) is 13.2 Å². The van der Waals surface area contributed by atoms with E-state index >= 15 is 0 Å². The van der Waals surface area contributed by atoms with Gasteiger partial charge in [0, 0.05) is 0 Å². The fourth-order valence-corrected chi connectivity index (χ4v) is 1.97. The second kappa shape index (κ2) is 5.54. The molecule has 96 valence electrons. The third kappa shape index (κ3) is 3.47. The Morgan fingerprint density at radius 2 is 1.88 bits per heavy atom. The van der Waals surface area contributed by atoms with Gasteiger partial charge < -0.3 is 10.5 Å². The molecule has 1 rings (SSSR count). The molecule has 1 aromatic rings. The molecule has 0 bridgehead atoms. The lowest BCUT2D eigenvalue weighted by atomic mass is 9.84.